The molecule has 1 amide bonds. The molecule has 0 unspecified atom stereocenters. The summed E-state index contributed by atoms with van der Waals surface area (Å²) in [4.78, 5) is 26.8. The topological polar surface area (TPSA) is 64.6 Å². The third-order valence-electron chi connectivity index (χ3n) is 5.12. The lowest BCUT2D eigenvalue weighted by Gasteiger charge is -2.22. The van der Waals surface area contributed by atoms with Gasteiger partial charge in [0.2, 0.25) is 0 Å². The van der Waals surface area contributed by atoms with Gasteiger partial charge in [-0.15, -0.1) is 11.3 Å². The molecule has 3 aromatic rings. The molecule has 2 aromatic carbocycles. The van der Waals surface area contributed by atoms with E-state index in [0.717, 1.165) is 21.4 Å². The predicted octanol–water partition coefficient (Wildman–Crippen LogP) is 6.28. The van der Waals surface area contributed by atoms with E-state index >= 15 is 0 Å². The van der Waals surface area contributed by atoms with Gasteiger partial charge >= 0.3 is 12.1 Å². The maximum absolute atomic E-state index is 12.9. The molecule has 0 bridgehead atoms. The normalized spacial score (nSPS) is 12.3. The zero-order chi connectivity index (χ0) is 23.6. The first-order valence-electron chi connectivity index (χ1n) is 10.4. The van der Waals surface area contributed by atoms with Crippen molar-refractivity contribution in [2.24, 2.45) is 0 Å². The standard InChI is InChI=1S/C26H29NO4S/c1-15-13-20-16(2)17(3)32-21(20)14-19(15)22(18-11-9-8-10-12-18)23(24(28)30-7)27-25(29)31-26(4,5)6/h8-14H,1-7H3,(H,27,29)/b23-22-. The minimum atomic E-state index is -0.715. The lowest BCUT2D eigenvalue weighted by atomic mass is 9.91. The number of alkyl carbamates (subject to hydrolysis) is 1. The molecule has 0 saturated carbocycles. The Morgan fingerprint density at radius 2 is 1.66 bits per heavy atom. The lowest BCUT2D eigenvalue weighted by molar-refractivity contribution is -0.136. The van der Waals surface area contributed by atoms with E-state index in [1.54, 1.807) is 32.1 Å². The Labute approximate surface area is 193 Å². The van der Waals surface area contributed by atoms with E-state index in [-0.39, 0.29) is 5.70 Å². The summed E-state index contributed by atoms with van der Waals surface area (Å²) in [6.45, 7) is 11.5. The predicted molar refractivity (Wildman–Crippen MR) is 130 cm³/mol. The smallest absolute Gasteiger partial charge is 0.412 e. The molecular formula is C26H29NO4S. The van der Waals surface area contributed by atoms with Crippen molar-refractivity contribution >= 4 is 39.1 Å². The van der Waals surface area contributed by atoms with Gasteiger partial charge in [0.15, 0.2) is 0 Å². The fourth-order valence-electron chi connectivity index (χ4n) is 3.53. The van der Waals surface area contributed by atoms with Crippen molar-refractivity contribution in [3.8, 4) is 0 Å². The Kier molecular flexibility index (Phi) is 6.74. The Morgan fingerprint density at radius 3 is 2.25 bits per heavy atom. The average molecular weight is 452 g/mol. The molecular weight excluding hydrogens is 422 g/mol. The second-order valence-electron chi connectivity index (χ2n) is 8.68. The molecule has 6 heteroatoms. The number of rotatable bonds is 4. The van der Waals surface area contributed by atoms with Crippen LogP contribution in [0.5, 0.6) is 0 Å². The summed E-state index contributed by atoms with van der Waals surface area (Å²) in [5.74, 6) is -0.646. The molecule has 1 heterocycles. The Hall–Kier alpha value is -3.12. The number of esters is 1. The van der Waals surface area contributed by atoms with Crippen molar-refractivity contribution in [1.29, 1.82) is 0 Å². The summed E-state index contributed by atoms with van der Waals surface area (Å²) in [5.41, 5.74) is 3.80. The zero-order valence-electron chi connectivity index (χ0n) is 19.6. The highest BCUT2D eigenvalue weighted by atomic mass is 32.1. The van der Waals surface area contributed by atoms with Gasteiger partial charge in [-0.2, -0.15) is 0 Å². The van der Waals surface area contributed by atoms with Crippen LogP contribution in [-0.2, 0) is 14.3 Å². The van der Waals surface area contributed by atoms with Crippen molar-refractivity contribution in [1.82, 2.24) is 5.32 Å². The maximum atomic E-state index is 12.9. The first kappa shape index (κ1) is 23.5. The average Bonchev–Trinajstić information content (AvgIpc) is 2.99. The molecule has 32 heavy (non-hydrogen) atoms. The number of thiophene rings is 1. The molecule has 1 N–H and O–H groups in total. The number of aryl methyl sites for hydroxylation is 3. The lowest BCUT2D eigenvalue weighted by Crippen LogP contribution is -2.35. The van der Waals surface area contributed by atoms with Gasteiger partial charge in [0, 0.05) is 15.2 Å². The highest BCUT2D eigenvalue weighted by molar-refractivity contribution is 7.19. The second-order valence-corrected chi connectivity index (χ2v) is 9.94. The highest BCUT2D eigenvalue weighted by Gasteiger charge is 2.26. The monoisotopic (exact) mass is 451 g/mol. The number of nitrogens with one attached hydrogen (secondary N) is 1. The van der Waals surface area contributed by atoms with E-state index in [9.17, 15) is 9.59 Å². The van der Waals surface area contributed by atoms with Crippen LogP contribution in [-0.4, -0.2) is 24.8 Å². The number of fused-ring (bicyclic) bond motifs is 1. The van der Waals surface area contributed by atoms with E-state index in [0.29, 0.717) is 5.57 Å². The summed E-state index contributed by atoms with van der Waals surface area (Å²) in [6, 6.07) is 13.7. The van der Waals surface area contributed by atoms with Gasteiger partial charge in [-0.3, -0.25) is 5.32 Å². The minimum Gasteiger partial charge on any atom is -0.464 e. The van der Waals surface area contributed by atoms with Crippen LogP contribution in [0.4, 0.5) is 4.79 Å². The van der Waals surface area contributed by atoms with Gasteiger partial charge in [0.1, 0.15) is 11.3 Å². The fraction of sp³-hybridized carbons (Fsp3) is 0.308. The van der Waals surface area contributed by atoms with E-state index in [1.807, 2.05) is 37.3 Å². The first-order chi connectivity index (χ1) is 15.0. The van der Waals surface area contributed by atoms with Crippen LogP contribution in [0.1, 0.15) is 47.9 Å². The third kappa shape index (κ3) is 5.02. The summed E-state index contributed by atoms with van der Waals surface area (Å²) >= 11 is 1.71. The fourth-order valence-corrected chi connectivity index (χ4v) is 4.62. The molecule has 0 atom stereocenters. The number of hydrogen-bond acceptors (Lipinski definition) is 5. The van der Waals surface area contributed by atoms with Gasteiger partial charge < -0.3 is 9.47 Å². The van der Waals surface area contributed by atoms with Gasteiger partial charge in [0.05, 0.1) is 7.11 Å². The number of amides is 1. The van der Waals surface area contributed by atoms with Crippen molar-refractivity contribution in [2.75, 3.05) is 7.11 Å². The number of carbonyl (C=O) groups is 2. The number of hydrogen-bond donors (Lipinski definition) is 1. The molecule has 0 radical (unpaired) electrons. The van der Waals surface area contributed by atoms with E-state index in [4.69, 9.17) is 9.47 Å². The number of benzene rings is 2. The molecule has 0 aliphatic heterocycles. The van der Waals surface area contributed by atoms with Crippen LogP contribution in [0.25, 0.3) is 15.7 Å². The van der Waals surface area contributed by atoms with Crippen molar-refractivity contribution in [3.63, 3.8) is 0 Å². The van der Waals surface area contributed by atoms with Gasteiger partial charge in [-0.1, -0.05) is 30.3 Å². The molecule has 0 aliphatic rings. The number of methoxy groups -OCH3 is 1. The molecule has 168 valence electrons. The van der Waals surface area contributed by atoms with Crippen LogP contribution in [0.3, 0.4) is 0 Å². The van der Waals surface area contributed by atoms with Crippen molar-refractivity contribution in [3.05, 3.63) is 75.3 Å². The van der Waals surface area contributed by atoms with Gasteiger partial charge in [-0.25, -0.2) is 9.59 Å². The van der Waals surface area contributed by atoms with E-state index in [2.05, 4.69) is 31.3 Å². The quantitative estimate of drug-likeness (QED) is 0.374. The molecule has 0 fully saturated rings. The molecule has 0 saturated heterocycles. The minimum absolute atomic E-state index is 0.0420. The van der Waals surface area contributed by atoms with Crippen LogP contribution >= 0.6 is 11.3 Å². The highest BCUT2D eigenvalue weighted by Crippen LogP contribution is 2.37. The van der Waals surface area contributed by atoms with E-state index < -0.39 is 17.7 Å². The third-order valence-corrected chi connectivity index (χ3v) is 6.29. The summed E-state index contributed by atoms with van der Waals surface area (Å²) in [6.07, 6.45) is -0.715. The maximum Gasteiger partial charge on any atom is 0.412 e. The second kappa shape index (κ2) is 9.17. The van der Waals surface area contributed by atoms with E-state index in [1.165, 1.54) is 22.9 Å². The molecule has 0 spiro atoms. The Morgan fingerprint density at radius 1 is 1.00 bits per heavy atom. The summed E-state index contributed by atoms with van der Waals surface area (Å²) < 4.78 is 11.6. The van der Waals surface area contributed by atoms with Crippen LogP contribution < -0.4 is 5.32 Å². The molecule has 0 aliphatic carbocycles. The Balaban J connectivity index is 2.30. The van der Waals surface area contributed by atoms with Crippen molar-refractivity contribution < 1.29 is 19.1 Å². The van der Waals surface area contributed by atoms with Gasteiger partial charge in [-0.05, 0) is 81.3 Å². The largest absolute Gasteiger partial charge is 0.464 e. The molecule has 5 nitrogen and oxygen atoms in total. The van der Waals surface area contributed by atoms with Crippen LogP contribution in [0.15, 0.2) is 48.2 Å². The van der Waals surface area contributed by atoms with Crippen LogP contribution in [0, 0.1) is 20.8 Å². The number of ether oxygens (including phenoxy) is 2. The zero-order valence-corrected chi connectivity index (χ0v) is 20.4. The van der Waals surface area contributed by atoms with Crippen LogP contribution in [0.2, 0.25) is 0 Å². The SMILES string of the molecule is COC(=O)/C(NC(=O)OC(C)(C)C)=C(\c1ccccc1)c1cc2sc(C)c(C)c2cc1C. The van der Waals surface area contributed by atoms with Crippen molar-refractivity contribution in [2.45, 2.75) is 47.1 Å². The summed E-state index contributed by atoms with van der Waals surface area (Å²) in [5, 5.41) is 3.86. The molecule has 1 aromatic heterocycles. The molecule has 3 rings (SSSR count). The first-order valence-corrected chi connectivity index (χ1v) is 11.2. The Bertz CT molecular complexity index is 1200. The summed E-state index contributed by atoms with van der Waals surface area (Å²) in [7, 11) is 1.30. The number of carbonyl (C=O) groups excluding carboxylic acids is 2. The van der Waals surface area contributed by atoms with Gasteiger partial charge in [0.25, 0.3) is 0 Å².